The minimum Gasteiger partial charge on any atom is -0.150 e. The molecule has 152 valence electrons. The summed E-state index contributed by atoms with van der Waals surface area (Å²) in [6.45, 7) is 4.58. The molecule has 1 aliphatic carbocycles. The molecule has 0 fully saturated rings. The molecule has 2 heteroatoms. The van der Waals surface area contributed by atoms with Crippen molar-refractivity contribution in [3.8, 4) is 0 Å². The van der Waals surface area contributed by atoms with Gasteiger partial charge in [-0.1, -0.05) is 115 Å². The highest BCUT2D eigenvalue weighted by atomic mass is 32.2. The topological polar surface area (TPSA) is 0 Å². The number of hydrogen-bond acceptors (Lipinski definition) is 2. The van der Waals surface area contributed by atoms with Gasteiger partial charge in [0.2, 0.25) is 0 Å². The van der Waals surface area contributed by atoms with Gasteiger partial charge in [-0.3, -0.25) is 0 Å². The van der Waals surface area contributed by atoms with Gasteiger partial charge in [0.05, 0.1) is 0 Å². The van der Waals surface area contributed by atoms with Crippen molar-refractivity contribution in [3.05, 3.63) is 24.3 Å². The Morgan fingerprint density at radius 2 is 0.769 bits per heavy atom. The highest BCUT2D eigenvalue weighted by Crippen LogP contribution is 2.25. The molecule has 0 nitrogen and oxygen atoms in total. The fourth-order valence-corrected chi connectivity index (χ4v) is 5.44. The van der Waals surface area contributed by atoms with Gasteiger partial charge < -0.3 is 0 Å². The summed E-state index contributed by atoms with van der Waals surface area (Å²) in [5.74, 6) is 2.64. The Morgan fingerprint density at radius 1 is 0.462 bits per heavy atom. The molecule has 0 radical (unpaired) electrons. The Labute approximate surface area is 173 Å². The zero-order valence-corrected chi connectivity index (χ0v) is 19.2. The van der Waals surface area contributed by atoms with E-state index in [0.29, 0.717) is 10.5 Å². The van der Waals surface area contributed by atoms with Crippen LogP contribution in [-0.2, 0) is 0 Å². The second kappa shape index (κ2) is 18.5. The van der Waals surface area contributed by atoms with E-state index in [0.717, 1.165) is 0 Å². The SMILES string of the molecule is CCCCCCCCCSC1C=CC(SCCCCCCCCC)C=C1. The van der Waals surface area contributed by atoms with Crippen molar-refractivity contribution in [2.24, 2.45) is 0 Å². The van der Waals surface area contributed by atoms with Gasteiger partial charge >= 0.3 is 0 Å². The van der Waals surface area contributed by atoms with Gasteiger partial charge in [-0.25, -0.2) is 0 Å². The van der Waals surface area contributed by atoms with Gasteiger partial charge in [-0.05, 0) is 24.3 Å². The highest BCUT2D eigenvalue weighted by molar-refractivity contribution is 8.00. The molecule has 0 bridgehead atoms. The third-order valence-corrected chi connectivity index (χ3v) is 7.54. The monoisotopic (exact) mass is 396 g/mol. The van der Waals surface area contributed by atoms with Crippen LogP contribution >= 0.6 is 23.5 Å². The van der Waals surface area contributed by atoms with Crippen LogP contribution in [0.2, 0.25) is 0 Å². The molecule has 0 unspecified atom stereocenters. The van der Waals surface area contributed by atoms with E-state index in [1.54, 1.807) is 0 Å². The minimum absolute atomic E-state index is 0.630. The lowest BCUT2D eigenvalue weighted by atomic mass is 10.1. The summed E-state index contributed by atoms with van der Waals surface area (Å²) in [6.07, 6.45) is 29.6. The van der Waals surface area contributed by atoms with Gasteiger partial charge in [0.15, 0.2) is 0 Å². The molecule has 0 saturated carbocycles. The quantitative estimate of drug-likeness (QED) is 0.168. The van der Waals surface area contributed by atoms with Gasteiger partial charge in [-0.2, -0.15) is 23.5 Å². The van der Waals surface area contributed by atoms with E-state index in [9.17, 15) is 0 Å². The molecule has 0 atom stereocenters. The molecule has 0 aromatic carbocycles. The van der Waals surface area contributed by atoms with Crippen LogP contribution in [0.3, 0.4) is 0 Å². The van der Waals surface area contributed by atoms with E-state index < -0.39 is 0 Å². The second-order valence-corrected chi connectivity index (χ2v) is 10.3. The lowest BCUT2D eigenvalue weighted by molar-refractivity contribution is 0.603. The van der Waals surface area contributed by atoms with Gasteiger partial charge in [0.1, 0.15) is 0 Å². The minimum atomic E-state index is 0.630. The fourth-order valence-electron chi connectivity index (χ4n) is 3.35. The average molecular weight is 397 g/mol. The van der Waals surface area contributed by atoms with Crippen molar-refractivity contribution in [2.45, 2.75) is 114 Å². The Morgan fingerprint density at radius 3 is 1.12 bits per heavy atom. The van der Waals surface area contributed by atoms with E-state index in [1.165, 1.54) is 101 Å². The predicted octanol–water partition coefficient (Wildman–Crippen LogP) is 8.82. The summed E-state index contributed by atoms with van der Waals surface area (Å²) < 4.78 is 0. The molecule has 0 saturated heterocycles. The number of hydrogen-bond donors (Lipinski definition) is 0. The summed E-state index contributed by atoms with van der Waals surface area (Å²) in [4.78, 5) is 0. The Balaban J connectivity index is 1.90. The normalized spacial score (nSPS) is 19.3. The first-order valence-electron chi connectivity index (χ1n) is 11.5. The first kappa shape index (κ1) is 24.2. The molecule has 0 aliphatic heterocycles. The van der Waals surface area contributed by atoms with Crippen molar-refractivity contribution in [3.63, 3.8) is 0 Å². The summed E-state index contributed by atoms with van der Waals surface area (Å²) in [6, 6.07) is 0. The predicted molar refractivity (Wildman–Crippen MR) is 127 cm³/mol. The van der Waals surface area contributed by atoms with Crippen molar-refractivity contribution in [1.29, 1.82) is 0 Å². The fraction of sp³-hybridized carbons (Fsp3) is 0.833. The molecule has 1 aliphatic rings. The van der Waals surface area contributed by atoms with Crippen LogP contribution in [0.4, 0.5) is 0 Å². The molecule has 0 N–H and O–H groups in total. The molecule has 0 amide bonds. The van der Waals surface area contributed by atoms with Crippen LogP contribution in [0.25, 0.3) is 0 Å². The molecule has 0 aromatic heterocycles. The maximum atomic E-state index is 2.44. The lowest BCUT2D eigenvalue weighted by Crippen LogP contribution is -2.06. The zero-order chi connectivity index (χ0) is 18.7. The van der Waals surface area contributed by atoms with Crippen LogP contribution in [0.15, 0.2) is 24.3 Å². The molecule has 0 heterocycles. The van der Waals surface area contributed by atoms with Crippen LogP contribution < -0.4 is 0 Å². The van der Waals surface area contributed by atoms with Crippen molar-refractivity contribution in [1.82, 2.24) is 0 Å². The van der Waals surface area contributed by atoms with Gasteiger partial charge in [-0.15, -0.1) is 0 Å². The Kier molecular flexibility index (Phi) is 17.3. The standard InChI is InChI=1S/C24H44S2/c1-3-5-7-9-11-13-15-21-25-23-17-19-24(20-18-23)26-22-16-14-12-10-8-6-4-2/h17-20,23-24H,3-16,21-22H2,1-2H3. The van der Waals surface area contributed by atoms with Gasteiger partial charge in [0, 0.05) is 10.5 Å². The van der Waals surface area contributed by atoms with Crippen LogP contribution in [0.1, 0.15) is 104 Å². The lowest BCUT2D eigenvalue weighted by Gasteiger charge is -2.16. The molecular weight excluding hydrogens is 352 g/mol. The summed E-state index contributed by atoms with van der Waals surface area (Å²) in [7, 11) is 0. The molecule has 0 spiro atoms. The summed E-state index contributed by atoms with van der Waals surface area (Å²) >= 11 is 4.25. The highest BCUT2D eigenvalue weighted by Gasteiger charge is 2.09. The number of unbranched alkanes of at least 4 members (excludes halogenated alkanes) is 12. The number of rotatable bonds is 18. The van der Waals surface area contributed by atoms with Crippen LogP contribution in [0, 0.1) is 0 Å². The van der Waals surface area contributed by atoms with Crippen LogP contribution in [-0.4, -0.2) is 22.0 Å². The summed E-state index contributed by atoms with van der Waals surface area (Å²) in [5.41, 5.74) is 0. The molecule has 1 rings (SSSR count). The van der Waals surface area contributed by atoms with Crippen molar-refractivity contribution >= 4 is 23.5 Å². The van der Waals surface area contributed by atoms with E-state index in [4.69, 9.17) is 0 Å². The first-order chi connectivity index (χ1) is 12.9. The van der Waals surface area contributed by atoms with E-state index in [-0.39, 0.29) is 0 Å². The van der Waals surface area contributed by atoms with Crippen LogP contribution in [0.5, 0.6) is 0 Å². The summed E-state index contributed by atoms with van der Waals surface area (Å²) in [5, 5.41) is 1.26. The molecule has 0 aromatic rings. The maximum Gasteiger partial charge on any atom is 0.0408 e. The second-order valence-electron chi connectivity index (χ2n) is 7.68. The number of thioether (sulfide) groups is 2. The zero-order valence-electron chi connectivity index (χ0n) is 17.6. The van der Waals surface area contributed by atoms with E-state index >= 15 is 0 Å². The Hall–Kier alpha value is 0.180. The first-order valence-corrected chi connectivity index (χ1v) is 13.6. The molecule has 26 heavy (non-hydrogen) atoms. The molecular formula is C24H44S2. The maximum absolute atomic E-state index is 2.44. The van der Waals surface area contributed by atoms with Gasteiger partial charge in [0.25, 0.3) is 0 Å². The van der Waals surface area contributed by atoms with E-state index in [1.807, 2.05) is 0 Å². The smallest absolute Gasteiger partial charge is 0.0408 e. The average Bonchev–Trinajstić information content (AvgIpc) is 2.67. The Bertz CT molecular complexity index is 302. The van der Waals surface area contributed by atoms with E-state index in [2.05, 4.69) is 61.7 Å². The third kappa shape index (κ3) is 14.3. The van der Waals surface area contributed by atoms with Crippen molar-refractivity contribution < 1.29 is 0 Å². The van der Waals surface area contributed by atoms with Crippen molar-refractivity contribution in [2.75, 3.05) is 11.5 Å². The largest absolute Gasteiger partial charge is 0.150 e. The third-order valence-electron chi connectivity index (χ3n) is 5.10.